The number of benzene rings is 1. The Kier molecular flexibility index (Phi) is 3.83. The van der Waals surface area contributed by atoms with Crippen molar-refractivity contribution < 1.29 is 4.74 Å². The topological polar surface area (TPSA) is 35.2 Å². The molecule has 0 fully saturated rings. The van der Waals surface area contributed by atoms with Crippen LogP contribution in [0.15, 0.2) is 18.2 Å². The van der Waals surface area contributed by atoms with E-state index in [0.717, 1.165) is 31.6 Å². The van der Waals surface area contributed by atoms with E-state index in [1.54, 1.807) is 0 Å². The number of rotatable bonds is 3. The van der Waals surface area contributed by atoms with E-state index >= 15 is 0 Å². The van der Waals surface area contributed by atoms with Crippen molar-refractivity contribution in [1.82, 2.24) is 0 Å². The average Bonchev–Trinajstić information content (AvgIpc) is 2.49. The van der Waals surface area contributed by atoms with Gasteiger partial charge in [0.15, 0.2) is 0 Å². The molecule has 2 nitrogen and oxygen atoms in total. The zero-order valence-electron chi connectivity index (χ0n) is 10.0. The van der Waals surface area contributed by atoms with E-state index in [-0.39, 0.29) is 6.04 Å². The summed E-state index contributed by atoms with van der Waals surface area (Å²) >= 11 is 0. The number of ether oxygens (including phenoxy) is 1. The first-order chi connectivity index (χ1) is 7.81. The number of unbranched alkanes of at least 4 members (excludes halogenated alkanes) is 1. The van der Waals surface area contributed by atoms with Crippen molar-refractivity contribution in [1.29, 1.82) is 0 Å². The molecule has 1 aliphatic heterocycles. The van der Waals surface area contributed by atoms with Crippen molar-refractivity contribution >= 4 is 0 Å². The molecular formula is C14H21NO. The molecule has 1 heterocycles. The maximum atomic E-state index is 6.16. The molecule has 1 aromatic rings. The van der Waals surface area contributed by atoms with Gasteiger partial charge in [0.05, 0.1) is 6.61 Å². The number of nitrogens with two attached hydrogens (primary N) is 1. The Labute approximate surface area is 97.8 Å². The summed E-state index contributed by atoms with van der Waals surface area (Å²) < 4.78 is 5.70. The molecule has 0 aromatic heterocycles. The third kappa shape index (κ3) is 2.56. The predicted molar refractivity (Wildman–Crippen MR) is 66.7 cm³/mol. The molecule has 1 atom stereocenters. The molecule has 16 heavy (non-hydrogen) atoms. The highest BCUT2D eigenvalue weighted by atomic mass is 16.5. The largest absolute Gasteiger partial charge is 0.493 e. The molecule has 0 saturated carbocycles. The normalized spacial score (nSPS) is 19.8. The van der Waals surface area contributed by atoms with Crippen LogP contribution in [0.25, 0.3) is 0 Å². The van der Waals surface area contributed by atoms with Crippen LogP contribution in [0, 0.1) is 0 Å². The summed E-state index contributed by atoms with van der Waals surface area (Å²) in [6.07, 6.45) is 5.72. The van der Waals surface area contributed by atoms with Crippen LogP contribution in [0.2, 0.25) is 0 Å². The lowest BCUT2D eigenvalue weighted by molar-refractivity contribution is 0.316. The molecule has 2 N–H and O–H groups in total. The van der Waals surface area contributed by atoms with E-state index in [2.05, 4.69) is 25.1 Å². The summed E-state index contributed by atoms with van der Waals surface area (Å²) in [6.45, 7) is 3.02. The Morgan fingerprint density at radius 1 is 1.44 bits per heavy atom. The minimum atomic E-state index is 0.152. The first kappa shape index (κ1) is 11.5. The van der Waals surface area contributed by atoms with Crippen molar-refractivity contribution in [3.8, 4) is 5.75 Å². The molecular weight excluding hydrogens is 198 g/mol. The van der Waals surface area contributed by atoms with Gasteiger partial charge in [0.1, 0.15) is 5.75 Å². The molecule has 2 heteroatoms. The van der Waals surface area contributed by atoms with Crippen LogP contribution in [0.3, 0.4) is 0 Å². The zero-order valence-corrected chi connectivity index (χ0v) is 10.0. The van der Waals surface area contributed by atoms with E-state index < -0.39 is 0 Å². The van der Waals surface area contributed by atoms with Gasteiger partial charge < -0.3 is 10.5 Å². The van der Waals surface area contributed by atoms with Crippen LogP contribution in [-0.2, 0) is 6.42 Å². The summed E-state index contributed by atoms with van der Waals surface area (Å²) in [5.41, 5.74) is 8.75. The fourth-order valence-corrected chi connectivity index (χ4v) is 2.20. The van der Waals surface area contributed by atoms with E-state index in [1.807, 2.05) is 0 Å². The van der Waals surface area contributed by atoms with Crippen LogP contribution < -0.4 is 10.5 Å². The van der Waals surface area contributed by atoms with Gasteiger partial charge in [-0.25, -0.2) is 0 Å². The molecule has 2 rings (SSSR count). The van der Waals surface area contributed by atoms with Gasteiger partial charge in [-0.1, -0.05) is 25.5 Å². The van der Waals surface area contributed by atoms with Gasteiger partial charge in [0, 0.05) is 11.6 Å². The molecule has 1 aliphatic rings. The number of hydrogen-bond donors (Lipinski definition) is 1. The van der Waals surface area contributed by atoms with Crippen molar-refractivity contribution in [3.63, 3.8) is 0 Å². The Hall–Kier alpha value is -1.02. The maximum absolute atomic E-state index is 6.16. The van der Waals surface area contributed by atoms with Crippen LogP contribution in [0.5, 0.6) is 5.75 Å². The number of hydrogen-bond acceptors (Lipinski definition) is 2. The Morgan fingerprint density at radius 3 is 3.12 bits per heavy atom. The summed E-state index contributed by atoms with van der Waals surface area (Å²) in [7, 11) is 0. The molecule has 0 amide bonds. The maximum Gasteiger partial charge on any atom is 0.124 e. The van der Waals surface area contributed by atoms with Crippen molar-refractivity contribution in [2.75, 3.05) is 6.61 Å². The minimum Gasteiger partial charge on any atom is -0.493 e. The molecule has 0 bridgehead atoms. The minimum absolute atomic E-state index is 0.152. The molecule has 0 saturated heterocycles. The van der Waals surface area contributed by atoms with Crippen molar-refractivity contribution in [3.05, 3.63) is 29.3 Å². The van der Waals surface area contributed by atoms with Crippen LogP contribution in [0.1, 0.15) is 49.8 Å². The first-order valence-corrected chi connectivity index (χ1v) is 6.32. The summed E-state index contributed by atoms with van der Waals surface area (Å²) in [6, 6.07) is 6.65. The van der Waals surface area contributed by atoms with Crippen LogP contribution >= 0.6 is 0 Å². The third-order valence-electron chi connectivity index (χ3n) is 3.21. The van der Waals surface area contributed by atoms with Gasteiger partial charge in [-0.05, 0) is 37.3 Å². The van der Waals surface area contributed by atoms with Gasteiger partial charge in [-0.15, -0.1) is 0 Å². The zero-order chi connectivity index (χ0) is 11.4. The monoisotopic (exact) mass is 219 g/mol. The second-order valence-corrected chi connectivity index (χ2v) is 4.57. The van der Waals surface area contributed by atoms with Gasteiger partial charge in [0.2, 0.25) is 0 Å². The predicted octanol–water partition coefficient (Wildman–Crippen LogP) is 3.20. The molecule has 0 spiro atoms. The average molecular weight is 219 g/mol. The fourth-order valence-electron chi connectivity index (χ4n) is 2.20. The molecule has 88 valence electrons. The van der Waals surface area contributed by atoms with Crippen LogP contribution in [-0.4, -0.2) is 6.61 Å². The Morgan fingerprint density at radius 2 is 2.31 bits per heavy atom. The molecule has 0 aliphatic carbocycles. The van der Waals surface area contributed by atoms with Gasteiger partial charge >= 0.3 is 0 Å². The van der Waals surface area contributed by atoms with E-state index in [1.165, 1.54) is 24.0 Å². The third-order valence-corrected chi connectivity index (χ3v) is 3.21. The lowest BCUT2D eigenvalue weighted by Crippen LogP contribution is -2.09. The van der Waals surface area contributed by atoms with E-state index in [4.69, 9.17) is 10.5 Å². The first-order valence-electron chi connectivity index (χ1n) is 6.32. The summed E-state index contributed by atoms with van der Waals surface area (Å²) in [5.74, 6) is 0.991. The second-order valence-electron chi connectivity index (χ2n) is 4.57. The quantitative estimate of drug-likeness (QED) is 0.847. The lowest BCUT2D eigenvalue weighted by atomic mass is 9.98. The molecule has 1 aromatic carbocycles. The highest BCUT2D eigenvalue weighted by Gasteiger charge is 2.16. The summed E-state index contributed by atoms with van der Waals surface area (Å²) in [4.78, 5) is 0. The fraction of sp³-hybridized carbons (Fsp3) is 0.571. The highest BCUT2D eigenvalue weighted by Crippen LogP contribution is 2.31. The number of aryl methyl sites for hydroxylation is 1. The Bertz CT molecular complexity index is 349. The van der Waals surface area contributed by atoms with Crippen molar-refractivity contribution in [2.45, 2.75) is 45.1 Å². The lowest BCUT2D eigenvalue weighted by Gasteiger charge is -2.13. The second kappa shape index (κ2) is 5.35. The summed E-state index contributed by atoms with van der Waals surface area (Å²) in [5, 5.41) is 0. The van der Waals surface area contributed by atoms with Gasteiger partial charge in [-0.2, -0.15) is 0 Å². The van der Waals surface area contributed by atoms with Crippen LogP contribution in [0.4, 0.5) is 0 Å². The van der Waals surface area contributed by atoms with E-state index in [0.29, 0.717) is 0 Å². The smallest absolute Gasteiger partial charge is 0.124 e. The van der Waals surface area contributed by atoms with E-state index in [9.17, 15) is 0 Å². The number of fused-ring (bicyclic) bond motifs is 1. The molecule has 0 radical (unpaired) electrons. The standard InChI is InChI=1S/C14H21NO/c1-2-3-5-11-7-8-14-12(10-11)13(15)6-4-9-16-14/h7-8,10,13H,2-6,9,15H2,1H3/t13-/m0/s1. The van der Waals surface area contributed by atoms with Gasteiger partial charge in [-0.3, -0.25) is 0 Å². The highest BCUT2D eigenvalue weighted by molar-refractivity contribution is 5.40. The SMILES string of the molecule is CCCCc1ccc2c(c1)[C@@H](N)CCCO2. The van der Waals surface area contributed by atoms with Crippen molar-refractivity contribution in [2.24, 2.45) is 5.73 Å². The molecule has 0 unspecified atom stereocenters. The Balaban J connectivity index is 2.21. The van der Waals surface area contributed by atoms with Gasteiger partial charge in [0.25, 0.3) is 0 Å².